The molecule has 1 aliphatic heterocycles. The summed E-state index contributed by atoms with van der Waals surface area (Å²) >= 11 is 0. The molecule has 2 aliphatic rings. The molecule has 2 atom stereocenters. The predicted molar refractivity (Wildman–Crippen MR) is 207 cm³/mol. The van der Waals surface area contributed by atoms with Crippen molar-refractivity contribution >= 4 is 43.7 Å². The van der Waals surface area contributed by atoms with Crippen molar-refractivity contribution in [3.63, 3.8) is 0 Å². The number of aromatic nitrogens is 1. The Morgan fingerprint density at radius 3 is 1.92 bits per heavy atom. The van der Waals surface area contributed by atoms with Gasteiger partial charge < -0.3 is 4.90 Å². The van der Waals surface area contributed by atoms with Crippen molar-refractivity contribution in [1.29, 1.82) is 0 Å². The van der Waals surface area contributed by atoms with Crippen LogP contribution in [-0.4, -0.2) is 10.5 Å². The molecular formula is C47H38N2. The van der Waals surface area contributed by atoms with Crippen molar-refractivity contribution in [1.82, 2.24) is 4.98 Å². The lowest BCUT2D eigenvalue weighted by atomic mass is 9.61. The lowest BCUT2D eigenvalue weighted by Gasteiger charge is -2.50. The monoisotopic (exact) mass is 630 g/mol. The molecule has 10 rings (SSSR count). The van der Waals surface area contributed by atoms with E-state index in [1.807, 2.05) is 0 Å². The Kier molecular flexibility index (Phi) is 6.12. The third kappa shape index (κ3) is 4.04. The topological polar surface area (TPSA) is 16.1 Å². The average Bonchev–Trinajstić information content (AvgIpc) is 3.37. The summed E-state index contributed by atoms with van der Waals surface area (Å²) in [5.41, 5.74) is 11.1. The fraction of sp³-hybridized carbons (Fsp3) is 0.170. The van der Waals surface area contributed by atoms with Crippen molar-refractivity contribution in [2.24, 2.45) is 0 Å². The van der Waals surface area contributed by atoms with Crippen LogP contribution in [0.1, 0.15) is 45.1 Å². The van der Waals surface area contributed by atoms with Crippen molar-refractivity contribution in [3.8, 4) is 33.6 Å². The van der Waals surface area contributed by atoms with Crippen molar-refractivity contribution in [2.75, 3.05) is 4.90 Å². The Labute approximate surface area is 288 Å². The Morgan fingerprint density at radius 1 is 0.531 bits per heavy atom. The predicted octanol–water partition coefficient (Wildman–Crippen LogP) is 12.7. The van der Waals surface area contributed by atoms with E-state index in [0.29, 0.717) is 0 Å². The van der Waals surface area contributed by atoms with Crippen LogP contribution in [-0.2, 0) is 5.41 Å². The quantitative estimate of drug-likeness (QED) is 0.180. The van der Waals surface area contributed by atoms with Gasteiger partial charge in [0.05, 0.1) is 16.9 Å². The Bertz CT molecular complexity index is 2540. The smallest absolute Gasteiger partial charge is 0.0715 e. The molecule has 0 saturated heterocycles. The zero-order chi connectivity index (χ0) is 32.7. The Balaban J connectivity index is 1.11. The van der Waals surface area contributed by atoms with Gasteiger partial charge in [-0.05, 0) is 105 Å². The highest BCUT2D eigenvalue weighted by atomic mass is 15.3. The molecule has 0 spiro atoms. The molecule has 2 nitrogen and oxygen atoms in total. The minimum Gasteiger partial charge on any atom is -0.334 e. The third-order valence-electron chi connectivity index (χ3n) is 12.2. The molecule has 0 bridgehead atoms. The summed E-state index contributed by atoms with van der Waals surface area (Å²) in [6.45, 7) is 5.00. The molecule has 0 amide bonds. The van der Waals surface area contributed by atoms with Crippen LogP contribution in [0.15, 0.2) is 146 Å². The lowest BCUT2D eigenvalue weighted by molar-refractivity contribution is 0.195. The first-order valence-corrected chi connectivity index (χ1v) is 17.8. The van der Waals surface area contributed by atoms with Crippen LogP contribution in [0.4, 0.5) is 11.4 Å². The number of benzene rings is 7. The van der Waals surface area contributed by atoms with Gasteiger partial charge in [-0.3, -0.25) is 0 Å². The van der Waals surface area contributed by atoms with Gasteiger partial charge in [-0.15, -0.1) is 0 Å². The highest BCUT2D eigenvalue weighted by molar-refractivity contribution is 6.27. The number of anilines is 2. The van der Waals surface area contributed by atoms with Crippen molar-refractivity contribution in [2.45, 2.75) is 50.5 Å². The number of hydrogen-bond acceptors (Lipinski definition) is 2. The molecule has 0 N–H and O–H groups in total. The highest BCUT2D eigenvalue weighted by Crippen LogP contribution is 2.61. The average molecular weight is 631 g/mol. The molecule has 8 aromatic rings. The van der Waals surface area contributed by atoms with E-state index in [4.69, 9.17) is 4.98 Å². The highest BCUT2D eigenvalue weighted by Gasteiger charge is 2.57. The van der Waals surface area contributed by atoms with E-state index >= 15 is 0 Å². The van der Waals surface area contributed by atoms with Crippen LogP contribution >= 0.6 is 0 Å². The van der Waals surface area contributed by atoms with Crippen LogP contribution in [0.25, 0.3) is 66.0 Å². The van der Waals surface area contributed by atoms with E-state index in [9.17, 15) is 0 Å². The molecule has 0 radical (unpaired) electrons. The first-order valence-electron chi connectivity index (χ1n) is 17.8. The normalized spacial score (nSPS) is 20.2. The fourth-order valence-electron chi connectivity index (χ4n) is 9.51. The number of nitrogens with zero attached hydrogens (tertiary/aromatic N) is 2. The number of hydrogen-bond donors (Lipinski definition) is 0. The number of fused-ring (bicyclic) bond motifs is 3. The van der Waals surface area contributed by atoms with Crippen LogP contribution < -0.4 is 4.90 Å². The van der Waals surface area contributed by atoms with Gasteiger partial charge in [-0.25, -0.2) is 4.98 Å². The molecule has 2 heteroatoms. The van der Waals surface area contributed by atoms with Gasteiger partial charge in [0.1, 0.15) is 0 Å². The van der Waals surface area contributed by atoms with Gasteiger partial charge in [-0.2, -0.15) is 0 Å². The number of rotatable bonds is 4. The standard InChI is InChI=1S/C47H38N2/c1-46-28-9-10-29-47(46,2)49(35-14-7-4-8-15-35)43-27-22-34(30-40(43)46)41-16-11-17-42(48-41)37-24-19-33-20-25-38-36(31-12-5-3-6-13-31)23-18-32-21-26-39(37)45(33)44(32)38/h3-8,11-27,30H,9-10,28-29H2,1-2H3. The second kappa shape index (κ2) is 10.5. The van der Waals surface area contributed by atoms with E-state index in [-0.39, 0.29) is 11.0 Å². The van der Waals surface area contributed by atoms with Gasteiger partial charge in [0.25, 0.3) is 0 Å². The van der Waals surface area contributed by atoms with Gasteiger partial charge >= 0.3 is 0 Å². The maximum absolute atomic E-state index is 5.39. The first-order chi connectivity index (χ1) is 24.0. The molecule has 7 aromatic carbocycles. The van der Waals surface area contributed by atoms with Gasteiger partial charge in [-0.1, -0.05) is 129 Å². The van der Waals surface area contributed by atoms with Crippen LogP contribution in [0.5, 0.6) is 0 Å². The van der Waals surface area contributed by atoms with E-state index < -0.39 is 0 Å². The molecular weight excluding hydrogens is 593 g/mol. The third-order valence-corrected chi connectivity index (χ3v) is 12.2. The molecule has 1 aromatic heterocycles. The summed E-state index contributed by atoms with van der Waals surface area (Å²) in [7, 11) is 0. The maximum Gasteiger partial charge on any atom is 0.0715 e. The minimum absolute atomic E-state index is 0.0327. The largest absolute Gasteiger partial charge is 0.334 e. The van der Waals surface area contributed by atoms with E-state index in [2.05, 4.69) is 164 Å². The molecule has 2 unspecified atom stereocenters. The van der Waals surface area contributed by atoms with E-state index in [1.165, 1.54) is 97.2 Å². The van der Waals surface area contributed by atoms with Crippen LogP contribution in [0, 0.1) is 0 Å². The fourth-order valence-corrected chi connectivity index (χ4v) is 9.51. The van der Waals surface area contributed by atoms with Crippen LogP contribution in [0.2, 0.25) is 0 Å². The van der Waals surface area contributed by atoms with Crippen molar-refractivity contribution in [3.05, 3.63) is 151 Å². The summed E-state index contributed by atoms with van der Waals surface area (Å²) in [5, 5.41) is 7.75. The Hall–Kier alpha value is -5.47. The number of pyridine rings is 1. The van der Waals surface area contributed by atoms with E-state index in [0.717, 1.165) is 11.4 Å². The molecule has 2 heterocycles. The summed E-state index contributed by atoms with van der Waals surface area (Å²) < 4.78 is 0. The second-order valence-corrected chi connectivity index (χ2v) is 14.6. The van der Waals surface area contributed by atoms with Gasteiger partial charge in [0, 0.05) is 27.9 Å². The number of para-hydroxylation sites is 1. The van der Waals surface area contributed by atoms with Crippen molar-refractivity contribution < 1.29 is 0 Å². The van der Waals surface area contributed by atoms with Gasteiger partial charge in [0.15, 0.2) is 0 Å². The molecule has 1 fully saturated rings. The summed E-state index contributed by atoms with van der Waals surface area (Å²) in [6, 6.07) is 53.7. The molecule has 49 heavy (non-hydrogen) atoms. The SMILES string of the molecule is CC12CCCCC1(C)N(c1ccccc1)c1ccc(-c3cccc(-c4ccc5ccc6c(-c7ccccc7)ccc7ccc4c5c76)n3)cc12. The van der Waals surface area contributed by atoms with Gasteiger partial charge in [0.2, 0.25) is 0 Å². The molecule has 1 saturated carbocycles. The summed E-state index contributed by atoms with van der Waals surface area (Å²) in [5.74, 6) is 0. The zero-order valence-electron chi connectivity index (χ0n) is 28.1. The Morgan fingerprint density at radius 2 is 1.16 bits per heavy atom. The second-order valence-electron chi connectivity index (χ2n) is 14.6. The lowest BCUT2D eigenvalue weighted by Crippen LogP contribution is -2.54. The maximum atomic E-state index is 5.39. The molecule has 1 aliphatic carbocycles. The van der Waals surface area contributed by atoms with E-state index in [1.54, 1.807) is 0 Å². The minimum atomic E-state index is 0.0327. The summed E-state index contributed by atoms with van der Waals surface area (Å²) in [4.78, 5) is 8.04. The molecule has 236 valence electrons. The summed E-state index contributed by atoms with van der Waals surface area (Å²) in [6.07, 6.45) is 4.93. The van der Waals surface area contributed by atoms with Crippen LogP contribution in [0.3, 0.4) is 0 Å². The first kappa shape index (κ1) is 28.5. The zero-order valence-corrected chi connectivity index (χ0v) is 28.1.